The molecule has 1 aliphatic heterocycles. The number of hydrogen-bond donors (Lipinski definition) is 5. The number of aliphatic hydroxyl groups excluding tert-OH is 4. The minimum Gasteiger partial charge on any atom is -0.394 e. The Morgan fingerprint density at radius 3 is 2.48 bits per heavy atom. The first-order chi connectivity index (χ1) is 14.8. The van der Waals surface area contributed by atoms with Crippen LogP contribution < -0.4 is 5.32 Å². The lowest BCUT2D eigenvalue weighted by Gasteiger charge is -2.42. The van der Waals surface area contributed by atoms with Crippen LogP contribution in [-0.4, -0.2) is 77.6 Å². The van der Waals surface area contributed by atoms with E-state index in [1.54, 1.807) is 13.1 Å². The highest BCUT2D eigenvalue weighted by atomic mass is 16.6. The van der Waals surface area contributed by atoms with Crippen molar-refractivity contribution in [3.63, 3.8) is 0 Å². The van der Waals surface area contributed by atoms with Crippen molar-refractivity contribution in [2.75, 3.05) is 20.8 Å². The minimum absolute atomic E-state index is 0.168. The molecule has 0 aliphatic carbocycles. The number of aryl methyl sites for hydroxylation is 1. The van der Waals surface area contributed by atoms with E-state index in [9.17, 15) is 25.2 Å². The Morgan fingerprint density at radius 1 is 1.13 bits per heavy atom. The van der Waals surface area contributed by atoms with Crippen molar-refractivity contribution in [2.24, 2.45) is 0 Å². The van der Waals surface area contributed by atoms with Gasteiger partial charge in [-0.2, -0.15) is 0 Å². The molecule has 8 heteroatoms. The Morgan fingerprint density at radius 2 is 1.87 bits per heavy atom. The van der Waals surface area contributed by atoms with Gasteiger partial charge in [0.05, 0.1) is 6.61 Å². The van der Waals surface area contributed by atoms with Crippen molar-refractivity contribution in [1.82, 2.24) is 5.32 Å². The molecular formula is C23H29NO7. The van der Waals surface area contributed by atoms with Gasteiger partial charge in [-0.05, 0) is 41.3 Å². The third-order valence-electron chi connectivity index (χ3n) is 5.72. The van der Waals surface area contributed by atoms with Gasteiger partial charge in [0.2, 0.25) is 0 Å². The first-order valence-corrected chi connectivity index (χ1v) is 10.1. The summed E-state index contributed by atoms with van der Waals surface area (Å²) in [4.78, 5) is 11.9. The van der Waals surface area contributed by atoms with Gasteiger partial charge < -0.3 is 35.2 Å². The van der Waals surface area contributed by atoms with Crippen LogP contribution in [0.5, 0.6) is 0 Å². The Labute approximate surface area is 181 Å². The van der Waals surface area contributed by atoms with Gasteiger partial charge in [-0.1, -0.05) is 30.3 Å². The number of hydrogen-bond acceptors (Lipinski definition) is 7. The van der Waals surface area contributed by atoms with E-state index in [1.807, 2.05) is 43.3 Å². The summed E-state index contributed by atoms with van der Waals surface area (Å²) in [6, 6.07) is 12.9. The quantitative estimate of drug-likeness (QED) is 0.452. The summed E-state index contributed by atoms with van der Waals surface area (Å²) < 4.78 is 11.2. The highest BCUT2D eigenvalue weighted by Crippen LogP contribution is 2.34. The van der Waals surface area contributed by atoms with Crippen LogP contribution in [0.4, 0.5) is 0 Å². The van der Waals surface area contributed by atoms with Crippen molar-refractivity contribution >= 4 is 5.91 Å². The Bertz CT molecular complexity index is 917. The van der Waals surface area contributed by atoms with E-state index in [0.29, 0.717) is 11.1 Å². The van der Waals surface area contributed by atoms with E-state index in [0.717, 1.165) is 16.7 Å². The predicted octanol–water partition coefficient (Wildman–Crippen LogP) is 0.552. The second-order valence-electron chi connectivity index (χ2n) is 7.68. The van der Waals surface area contributed by atoms with Gasteiger partial charge in [0.15, 0.2) is 0 Å². The molecule has 1 heterocycles. The molecule has 31 heavy (non-hydrogen) atoms. The van der Waals surface area contributed by atoms with Gasteiger partial charge in [0.1, 0.15) is 36.6 Å². The number of aliphatic hydroxyl groups is 4. The van der Waals surface area contributed by atoms with E-state index in [-0.39, 0.29) is 5.91 Å². The third kappa shape index (κ3) is 4.64. The fourth-order valence-electron chi connectivity index (χ4n) is 4.00. The number of ether oxygens (including phenoxy) is 2. The van der Waals surface area contributed by atoms with Crippen molar-refractivity contribution in [3.8, 4) is 11.1 Å². The zero-order valence-electron chi connectivity index (χ0n) is 17.7. The van der Waals surface area contributed by atoms with Gasteiger partial charge in [-0.15, -0.1) is 0 Å². The number of benzene rings is 2. The molecule has 168 valence electrons. The molecule has 2 aromatic rings. The third-order valence-corrected chi connectivity index (χ3v) is 5.72. The molecule has 5 N–H and O–H groups in total. The van der Waals surface area contributed by atoms with Crippen LogP contribution in [0.25, 0.3) is 11.1 Å². The second kappa shape index (κ2) is 9.86. The molecule has 4 unspecified atom stereocenters. The average Bonchev–Trinajstić information content (AvgIpc) is 2.79. The SMILES string of the molecule is CNC(=O)c1cccc(-c2ccc(C(OC)[C@H]3OC(CO)[C@@H](O)C(O)C3O)cc2C)c1. The van der Waals surface area contributed by atoms with E-state index >= 15 is 0 Å². The van der Waals surface area contributed by atoms with Gasteiger partial charge in [-0.3, -0.25) is 4.79 Å². The van der Waals surface area contributed by atoms with Crippen LogP contribution in [0.3, 0.4) is 0 Å². The summed E-state index contributed by atoms with van der Waals surface area (Å²) >= 11 is 0. The Kier molecular flexibility index (Phi) is 7.42. The average molecular weight is 431 g/mol. The number of carbonyl (C=O) groups is 1. The fraction of sp³-hybridized carbons (Fsp3) is 0.435. The van der Waals surface area contributed by atoms with Crippen LogP contribution in [0.2, 0.25) is 0 Å². The second-order valence-corrected chi connectivity index (χ2v) is 7.68. The smallest absolute Gasteiger partial charge is 0.251 e. The van der Waals surface area contributed by atoms with Gasteiger partial charge in [0, 0.05) is 19.7 Å². The summed E-state index contributed by atoms with van der Waals surface area (Å²) in [6.07, 6.45) is -7.02. The molecule has 1 saturated heterocycles. The lowest BCUT2D eigenvalue weighted by atomic mass is 9.88. The van der Waals surface area contributed by atoms with E-state index in [2.05, 4.69) is 5.32 Å². The molecule has 0 aromatic heterocycles. The van der Waals surface area contributed by atoms with Crippen LogP contribution in [0.1, 0.15) is 27.6 Å². The number of amides is 1. The van der Waals surface area contributed by atoms with Crippen molar-refractivity contribution in [3.05, 3.63) is 59.2 Å². The molecule has 1 amide bonds. The van der Waals surface area contributed by atoms with Crippen LogP contribution >= 0.6 is 0 Å². The zero-order valence-corrected chi connectivity index (χ0v) is 17.7. The summed E-state index contributed by atoms with van der Waals surface area (Å²) in [5.41, 5.74) is 3.98. The minimum atomic E-state index is -1.47. The largest absolute Gasteiger partial charge is 0.394 e. The molecule has 8 nitrogen and oxygen atoms in total. The van der Waals surface area contributed by atoms with Gasteiger partial charge in [-0.25, -0.2) is 0 Å². The highest BCUT2D eigenvalue weighted by molar-refractivity contribution is 5.95. The fourth-order valence-corrected chi connectivity index (χ4v) is 4.00. The summed E-state index contributed by atoms with van der Waals surface area (Å²) in [5, 5.41) is 42.7. The standard InChI is InChI=1S/C23H29NO7/c1-12-9-14(7-8-16(12)13-5-4-6-15(10-13)23(29)24-2)21(30-3)22-20(28)19(27)18(26)17(11-25)31-22/h4-10,17-22,25-28H,11H2,1-3H3,(H,24,29)/t17?,18-,19?,20?,21?,22+/m1/s1. The maximum absolute atomic E-state index is 11.9. The lowest BCUT2D eigenvalue weighted by Crippen LogP contribution is -2.60. The molecule has 0 radical (unpaired) electrons. The van der Waals surface area contributed by atoms with Crippen molar-refractivity contribution in [1.29, 1.82) is 0 Å². The Hall–Kier alpha value is -2.33. The van der Waals surface area contributed by atoms with Crippen molar-refractivity contribution < 1.29 is 34.7 Å². The molecular weight excluding hydrogens is 402 g/mol. The van der Waals surface area contributed by atoms with Crippen LogP contribution in [0.15, 0.2) is 42.5 Å². The molecule has 3 rings (SSSR count). The summed E-state index contributed by atoms with van der Waals surface area (Å²) in [5.74, 6) is -0.168. The van der Waals surface area contributed by atoms with E-state index < -0.39 is 43.2 Å². The van der Waals surface area contributed by atoms with Crippen LogP contribution in [0, 0.1) is 6.92 Å². The van der Waals surface area contributed by atoms with Gasteiger partial charge >= 0.3 is 0 Å². The number of nitrogens with one attached hydrogen (secondary N) is 1. The van der Waals surface area contributed by atoms with E-state index in [4.69, 9.17) is 9.47 Å². The maximum atomic E-state index is 11.9. The molecule has 6 atom stereocenters. The molecule has 0 bridgehead atoms. The Balaban J connectivity index is 1.91. The number of rotatable bonds is 6. The molecule has 2 aromatic carbocycles. The lowest BCUT2D eigenvalue weighted by molar-refractivity contribution is -0.252. The summed E-state index contributed by atoms with van der Waals surface area (Å²) in [7, 11) is 3.04. The number of carbonyl (C=O) groups excluding carboxylic acids is 1. The summed E-state index contributed by atoms with van der Waals surface area (Å²) in [6.45, 7) is 1.42. The first kappa shape index (κ1) is 23.3. The topological polar surface area (TPSA) is 128 Å². The van der Waals surface area contributed by atoms with Gasteiger partial charge in [0.25, 0.3) is 5.91 Å². The molecule has 0 spiro atoms. The number of methoxy groups -OCH3 is 1. The monoisotopic (exact) mass is 431 g/mol. The van der Waals surface area contributed by atoms with E-state index in [1.165, 1.54) is 7.11 Å². The zero-order chi connectivity index (χ0) is 22.7. The highest BCUT2D eigenvalue weighted by Gasteiger charge is 2.46. The molecule has 0 saturated carbocycles. The van der Waals surface area contributed by atoms with Crippen molar-refractivity contribution in [2.45, 2.75) is 43.5 Å². The van der Waals surface area contributed by atoms with Crippen LogP contribution in [-0.2, 0) is 9.47 Å². The first-order valence-electron chi connectivity index (χ1n) is 10.1. The predicted molar refractivity (Wildman–Crippen MR) is 114 cm³/mol. The molecule has 1 aliphatic rings. The normalized spacial score (nSPS) is 27.0. The maximum Gasteiger partial charge on any atom is 0.251 e. The molecule has 1 fully saturated rings.